The van der Waals surface area contributed by atoms with Gasteiger partial charge in [0, 0.05) is 0 Å². The van der Waals surface area contributed by atoms with E-state index in [1.165, 1.54) is 13.3 Å². The van der Waals surface area contributed by atoms with Gasteiger partial charge in [0.15, 0.2) is 0 Å². The van der Waals surface area contributed by atoms with Crippen LogP contribution in [0.2, 0.25) is 0 Å². The fourth-order valence-corrected chi connectivity index (χ4v) is 2.02. The summed E-state index contributed by atoms with van der Waals surface area (Å²) in [6.07, 6.45) is 3.38. The molecule has 2 amide bonds. The molecule has 0 saturated heterocycles. The molecule has 2 aromatic rings. The van der Waals surface area contributed by atoms with Crippen LogP contribution < -0.4 is 15.5 Å². The van der Waals surface area contributed by atoms with Crippen LogP contribution in [0.1, 0.15) is 12.5 Å². The highest BCUT2D eigenvalue weighted by Crippen LogP contribution is 2.22. The molecular formula is C19H19N3O3. The van der Waals surface area contributed by atoms with Crippen molar-refractivity contribution in [1.82, 2.24) is 5.43 Å². The lowest BCUT2D eigenvalue weighted by Gasteiger charge is -2.08. The van der Waals surface area contributed by atoms with Crippen LogP contribution in [-0.4, -0.2) is 25.1 Å². The molecule has 0 radical (unpaired) electrons. The smallest absolute Gasteiger partial charge is 0.329 e. The van der Waals surface area contributed by atoms with E-state index in [1.807, 2.05) is 43.3 Å². The van der Waals surface area contributed by atoms with Crippen molar-refractivity contribution >= 4 is 29.8 Å². The maximum atomic E-state index is 11.9. The Morgan fingerprint density at radius 2 is 1.68 bits per heavy atom. The molecule has 0 fully saturated rings. The number of methoxy groups -OCH3 is 1. The molecule has 0 saturated carbocycles. The van der Waals surface area contributed by atoms with Gasteiger partial charge in [-0.05, 0) is 30.2 Å². The highest BCUT2D eigenvalue weighted by atomic mass is 16.5. The van der Waals surface area contributed by atoms with Crippen molar-refractivity contribution < 1.29 is 14.3 Å². The normalized spacial score (nSPS) is 11.2. The third kappa shape index (κ3) is 5.62. The summed E-state index contributed by atoms with van der Waals surface area (Å²) in [5.74, 6) is -1.23. The maximum Gasteiger partial charge on any atom is 0.329 e. The van der Waals surface area contributed by atoms with E-state index in [2.05, 4.69) is 15.8 Å². The van der Waals surface area contributed by atoms with Crippen LogP contribution in [0.3, 0.4) is 0 Å². The quantitative estimate of drug-likeness (QED) is 0.500. The number of ether oxygens (including phenoxy) is 1. The van der Waals surface area contributed by atoms with E-state index in [4.69, 9.17) is 4.74 Å². The number of nitrogens with zero attached hydrogens (tertiary/aromatic N) is 1. The lowest BCUT2D eigenvalue weighted by Crippen LogP contribution is -2.32. The Morgan fingerprint density at radius 3 is 2.40 bits per heavy atom. The zero-order chi connectivity index (χ0) is 18.1. The standard InChI is InChI=1S/C19H19N3O3/c1-14(12-15-8-4-3-5-9-15)13-20-22-19(24)18(23)21-16-10-6-7-11-17(16)25-2/h3-13H,1-2H3,(H,21,23)(H,22,24). The number of hydrogen-bond acceptors (Lipinski definition) is 4. The largest absolute Gasteiger partial charge is 0.495 e. The molecule has 128 valence electrons. The van der Waals surface area contributed by atoms with Gasteiger partial charge in [0.05, 0.1) is 19.0 Å². The van der Waals surface area contributed by atoms with E-state index in [0.29, 0.717) is 11.4 Å². The molecule has 2 aromatic carbocycles. The highest BCUT2D eigenvalue weighted by Gasteiger charge is 2.14. The third-order valence-electron chi connectivity index (χ3n) is 3.19. The van der Waals surface area contributed by atoms with Gasteiger partial charge in [-0.1, -0.05) is 48.5 Å². The molecule has 2 rings (SSSR count). The number of hydrazone groups is 1. The first-order chi connectivity index (χ1) is 12.1. The van der Waals surface area contributed by atoms with Crippen molar-refractivity contribution in [1.29, 1.82) is 0 Å². The number of anilines is 1. The minimum absolute atomic E-state index is 0.411. The van der Waals surface area contributed by atoms with E-state index in [9.17, 15) is 9.59 Å². The van der Waals surface area contributed by atoms with E-state index < -0.39 is 11.8 Å². The topological polar surface area (TPSA) is 79.8 Å². The Balaban J connectivity index is 1.91. The predicted octanol–water partition coefficient (Wildman–Crippen LogP) is 2.84. The average molecular weight is 337 g/mol. The predicted molar refractivity (Wildman–Crippen MR) is 98.4 cm³/mol. The minimum Gasteiger partial charge on any atom is -0.495 e. The van der Waals surface area contributed by atoms with Crippen LogP contribution >= 0.6 is 0 Å². The molecular weight excluding hydrogens is 318 g/mol. The molecule has 6 heteroatoms. The number of benzene rings is 2. The molecule has 25 heavy (non-hydrogen) atoms. The van der Waals surface area contributed by atoms with Gasteiger partial charge in [0.25, 0.3) is 0 Å². The molecule has 0 aliphatic heterocycles. The molecule has 0 spiro atoms. The van der Waals surface area contributed by atoms with Gasteiger partial charge in [-0.15, -0.1) is 0 Å². The van der Waals surface area contributed by atoms with Crippen molar-refractivity contribution in [2.45, 2.75) is 6.92 Å². The SMILES string of the molecule is COc1ccccc1NC(=O)C(=O)NN=CC(C)=Cc1ccccc1. The first kappa shape index (κ1) is 17.9. The van der Waals surface area contributed by atoms with Crippen LogP contribution in [-0.2, 0) is 9.59 Å². The Morgan fingerprint density at radius 1 is 1.00 bits per heavy atom. The molecule has 0 aliphatic rings. The van der Waals surface area contributed by atoms with Crippen LogP contribution in [0, 0.1) is 0 Å². The fourth-order valence-electron chi connectivity index (χ4n) is 2.02. The minimum atomic E-state index is -0.866. The Bertz CT molecular complexity index is 799. The summed E-state index contributed by atoms with van der Waals surface area (Å²) in [5.41, 5.74) is 4.46. The van der Waals surface area contributed by atoms with Crippen LogP contribution in [0.4, 0.5) is 5.69 Å². The zero-order valence-corrected chi connectivity index (χ0v) is 14.0. The van der Waals surface area contributed by atoms with Gasteiger partial charge in [-0.2, -0.15) is 5.10 Å². The molecule has 0 bridgehead atoms. The van der Waals surface area contributed by atoms with Crippen LogP contribution in [0.15, 0.2) is 65.3 Å². The number of carbonyl (C=O) groups excluding carboxylic acids is 2. The zero-order valence-electron chi connectivity index (χ0n) is 14.0. The molecule has 0 aliphatic carbocycles. The summed E-state index contributed by atoms with van der Waals surface area (Å²) >= 11 is 0. The number of para-hydroxylation sites is 2. The third-order valence-corrected chi connectivity index (χ3v) is 3.19. The van der Waals surface area contributed by atoms with Gasteiger partial charge >= 0.3 is 11.8 Å². The van der Waals surface area contributed by atoms with Gasteiger partial charge in [0.1, 0.15) is 5.75 Å². The molecule has 0 heterocycles. The summed E-state index contributed by atoms with van der Waals surface area (Å²) in [7, 11) is 1.48. The van der Waals surface area contributed by atoms with Gasteiger partial charge in [-0.3, -0.25) is 9.59 Å². The first-order valence-electron chi connectivity index (χ1n) is 7.61. The summed E-state index contributed by atoms with van der Waals surface area (Å²) < 4.78 is 5.11. The van der Waals surface area contributed by atoms with Crippen LogP contribution in [0.5, 0.6) is 5.75 Å². The van der Waals surface area contributed by atoms with E-state index in [-0.39, 0.29) is 0 Å². The van der Waals surface area contributed by atoms with E-state index in [1.54, 1.807) is 24.3 Å². The molecule has 0 aromatic heterocycles. The molecule has 2 N–H and O–H groups in total. The number of rotatable bonds is 5. The van der Waals surface area contributed by atoms with Crippen molar-refractivity contribution in [3.8, 4) is 5.75 Å². The highest BCUT2D eigenvalue weighted by molar-refractivity contribution is 6.39. The number of carbonyl (C=O) groups is 2. The number of hydrogen-bond donors (Lipinski definition) is 2. The van der Waals surface area contributed by atoms with Gasteiger partial charge in [-0.25, -0.2) is 5.43 Å². The second-order valence-electron chi connectivity index (χ2n) is 5.15. The lowest BCUT2D eigenvalue weighted by atomic mass is 10.1. The Hall–Kier alpha value is -3.41. The molecule has 0 atom stereocenters. The summed E-state index contributed by atoms with van der Waals surface area (Å²) in [6, 6.07) is 16.5. The van der Waals surface area contributed by atoms with E-state index >= 15 is 0 Å². The van der Waals surface area contributed by atoms with Crippen molar-refractivity contribution in [2.75, 3.05) is 12.4 Å². The Kier molecular flexibility index (Phi) is 6.47. The lowest BCUT2D eigenvalue weighted by molar-refractivity contribution is -0.136. The van der Waals surface area contributed by atoms with Crippen molar-refractivity contribution in [3.63, 3.8) is 0 Å². The first-order valence-corrected chi connectivity index (χ1v) is 7.61. The van der Waals surface area contributed by atoms with Gasteiger partial charge in [0.2, 0.25) is 0 Å². The fraction of sp³-hybridized carbons (Fsp3) is 0.105. The van der Waals surface area contributed by atoms with Crippen molar-refractivity contribution in [3.05, 3.63) is 65.7 Å². The van der Waals surface area contributed by atoms with Crippen molar-refractivity contribution in [2.24, 2.45) is 5.10 Å². The number of amides is 2. The van der Waals surface area contributed by atoms with Gasteiger partial charge < -0.3 is 10.1 Å². The second-order valence-corrected chi connectivity index (χ2v) is 5.15. The monoisotopic (exact) mass is 337 g/mol. The van der Waals surface area contributed by atoms with Crippen LogP contribution in [0.25, 0.3) is 6.08 Å². The molecule has 6 nitrogen and oxygen atoms in total. The summed E-state index contributed by atoms with van der Waals surface area (Å²) in [6.45, 7) is 1.84. The summed E-state index contributed by atoms with van der Waals surface area (Å²) in [5, 5.41) is 6.26. The number of nitrogens with one attached hydrogen (secondary N) is 2. The molecule has 0 unspecified atom stereocenters. The second kappa shape index (κ2) is 9.02. The van der Waals surface area contributed by atoms with E-state index in [0.717, 1.165) is 11.1 Å². The Labute approximate surface area is 146 Å². The maximum absolute atomic E-state index is 11.9. The average Bonchev–Trinajstić information content (AvgIpc) is 2.62. The summed E-state index contributed by atoms with van der Waals surface area (Å²) in [4.78, 5) is 23.7. The number of allylic oxidation sites excluding steroid dienone is 1.